The fraction of sp³-hybridized carbons (Fsp3) is 0.167. The Morgan fingerprint density at radius 2 is 1.53 bits per heavy atom. The molecule has 3 heteroatoms. The number of aromatic nitrogens is 1. The van der Waals surface area contributed by atoms with Gasteiger partial charge >= 0.3 is 0 Å². The Morgan fingerprint density at radius 1 is 0.733 bits per heavy atom. The molecule has 0 saturated carbocycles. The third kappa shape index (κ3) is 3.31. The Labute approximate surface area is 262 Å². The van der Waals surface area contributed by atoms with E-state index in [-0.39, 0.29) is 5.54 Å². The third-order valence-electron chi connectivity index (χ3n) is 10.8. The second kappa shape index (κ2) is 8.80. The van der Waals surface area contributed by atoms with Crippen LogP contribution in [0.15, 0.2) is 138 Å². The quantitative estimate of drug-likeness (QED) is 0.217. The monoisotopic (exact) mass is 579 g/mol. The summed E-state index contributed by atoms with van der Waals surface area (Å²) >= 11 is 0. The topological polar surface area (TPSA) is 29.3 Å². The van der Waals surface area contributed by atoms with E-state index in [1.54, 1.807) is 0 Å². The SMILES string of the molecule is CC12CC=CC=C1N=C(c1ccc3ccccc3c1)C(C)(n1c3cccc4c3c3c5c(cccc5ccc31)C1CC=CC=C41)N2. The summed E-state index contributed by atoms with van der Waals surface area (Å²) < 4.78 is 2.57. The van der Waals surface area contributed by atoms with Gasteiger partial charge in [0, 0.05) is 22.3 Å². The molecule has 4 aliphatic rings. The maximum atomic E-state index is 5.58. The van der Waals surface area contributed by atoms with Crippen molar-refractivity contribution < 1.29 is 0 Å². The van der Waals surface area contributed by atoms with Crippen LogP contribution in [0.3, 0.4) is 0 Å². The number of hydrogen-bond donors (Lipinski definition) is 1. The maximum Gasteiger partial charge on any atom is 0.137 e. The van der Waals surface area contributed by atoms with Crippen molar-refractivity contribution >= 4 is 54.6 Å². The molecule has 216 valence electrons. The summed E-state index contributed by atoms with van der Waals surface area (Å²) in [4.78, 5) is 5.58. The van der Waals surface area contributed by atoms with Crippen molar-refractivity contribution in [2.75, 3.05) is 0 Å². The van der Waals surface area contributed by atoms with Crippen molar-refractivity contribution in [1.29, 1.82) is 0 Å². The molecule has 0 fully saturated rings. The molecule has 45 heavy (non-hydrogen) atoms. The minimum atomic E-state index is -0.638. The summed E-state index contributed by atoms with van der Waals surface area (Å²) in [5.41, 5.74) is 9.02. The molecule has 1 aromatic heterocycles. The fourth-order valence-electron chi connectivity index (χ4n) is 8.87. The number of nitrogens with one attached hydrogen (secondary N) is 1. The molecule has 5 aromatic carbocycles. The zero-order valence-electron chi connectivity index (χ0n) is 25.5. The lowest BCUT2D eigenvalue weighted by Gasteiger charge is -2.48. The Balaban J connectivity index is 1.35. The van der Waals surface area contributed by atoms with Crippen molar-refractivity contribution in [3.63, 3.8) is 0 Å². The largest absolute Gasteiger partial charge is 0.316 e. The predicted octanol–water partition coefficient (Wildman–Crippen LogP) is 9.91. The minimum Gasteiger partial charge on any atom is -0.316 e. The standard InChI is InChI=1S/C42H33N3/c1-41-24-8-7-19-36(41)43-40(29-21-20-26-11-3-4-12-28(26)25-29)42(2,44-41)45-34-18-10-17-33-31-15-6-5-14-30(31)32-16-9-13-27-22-23-35(45)39(37(27)32)38(33)34/h3-13,15-23,25,30,44H,14,24H2,1-2H3. The van der Waals surface area contributed by atoms with E-state index in [1.807, 2.05) is 0 Å². The lowest BCUT2D eigenvalue weighted by molar-refractivity contribution is 0.250. The molecular weight excluding hydrogens is 546 g/mol. The van der Waals surface area contributed by atoms with E-state index >= 15 is 0 Å². The Kier molecular flexibility index (Phi) is 4.96. The minimum absolute atomic E-state index is 0.300. The predicted molar refractivity (Wildman–Crippen MR) is 189 cm³/mol. The Bertz CT molecular complexity index is 2450. The number of aliphatic imine (C=N–C) groups is 1. The van der Waals surface area contributed by atoms with E-state index in [2.05, 4.69) is 151 Å². The summed E-state index contributed by atoms with van der Waals surface area (Å²) in [6.45, 7) is 4.65. The van der Waals surface area contributed by atoms with E-state index in [0.717, 1.165) is 29.8 Å². The molecule has 3 atom stereocenters. The molecule has 1 N–H and O–H groups in total. The summed E-state index contributed by atoms with van der Waals surface area (Å²) in [5.74, 6) is 0.356. The van der Waals surface area contributed by atoms with Gasteiger partial charge in [-0.1, -0.05) is 103 Å². The van der Waals surface area contributed by atoms with Crippen molar-refractivity contribution in [2.45, 2.75) is 43.8 Å². The molecule has 2 heterocycles. The van der Waals surface area contributed by atoms with Crippen LogP contribution < -0.4 is 5.32 Å². The zero-order valence-corrected chi connectivity index (χ0v) is 25.5. The lowest BCUT2D eigenvalue weighted by Crippen LogP contribution is -2.64. The van der Waals surface area contributed by atoms with Crippen molar-refractivity contribution in [2.24, 2.45) is 4.99 Å². The molecule has 1 aliphatic heterocycles. The highest BCUT2D eigenvalue weighted by atomic mass is 15.3. The zero-order chi connectivity index (χ0) is 29.9. The van der Waals surface area contributed by atoms with Gasteiger partial charge in [0.1, 0.15) is 5.66 Å². The van der Waals surface area contributed by atoms with E-state index < -0.39 is 5.66 Å². The van der Waals surface area contributed by atoms with E-state index in [0.29, 0.717) is 5.92 Å². The van der Waals surface area contributed by atoms with Gasteiger partial charge in [0.15, 0.2) is 0 Å². The van der Waals surface area contributed by atoms with Gasteiger partial charge in [-0.25, -0.2) is 0 Å². The highest BCUT2D eigenvalue weighted by Gasteiger charge is 2.48. The van der Waals surface area contributed by atoms with Gasteiger partial charge in [0.05, 0.1) is 28.0 Å². The summed E-state index contributed by atoms with van der Waals surface area (Å²) in [7, 11) is 0. The van der Waals surface area contributed by atoms with Gasteiger partial charge in [-0.2, -0.15) is 0 Å². The molecular formula is C42H33N3. The van der Waals surface area contributed by atoms with Crippen LogP contribution in [0.4, 0.5) is 0 Å². The molecule has 6 aromatic rings. The van der Waals surface area contributed by atoms with Gasteiger partial charge < -0.3 is 4.57 Å². The number of allylic oxidation sites excluding steroid dienone is 6. The van der Waals surface area contributed by atoms with Crippen LogP contribution in [-0.4, -0.2) is 15.8 Å². The third-order valence-corrected chi connectivity index (χ3v) is 10.8. The van der Waals surface area contributed by atoms with Crippen LogP contribution in [0.1, 0.15) is 49.3 Å². The maximum absolute atomic E-state index is 5.58. The first-order valence-corrected chi connectivity index (χ1v) is 16.1. The molecule has 0 saturated heterocycles. The summed E-state index contributed by atoms with van der Waals surface area (Å²) in [5, 5.41) is 12.1. The Hall–Kier alpha value is -4.99. The molecule has 0 radical (unpaired) electrons. The molecule has 0 bridgehead atoms. The van der Waals surface area contributed by atoms with Crippen molar-refractivity contribution in [1.82, 2.24) is 9.88 Å². The molecule has 3 aliphatic carbocycles. The first-order valence-electron chi connectivity index (χ1n) is 16.1. The van der Waals surface area contributed by atoms with E-state index in [1.165, 1.54) is 60.1 Å². The highest BCUT2D eigenvalue weighted by Crippen LogP contribution is 2.52. The van der Waals surface area contributed by atoms with Crippen LogP contribution in [0, 0.1) is 0 Å². The molecule has 0 spiro atoms. The van der Waals surface area contributed by atoms with E-state index in [9.17, 15) is 0 Å². The average molecular weight is 580 g/mol. The highest BCUT2D eigenvalue weighted by molar-refractivity contribution is 6.26. The normalized spacial score (nSPS) is 25.0. The molecule has 0 amide bonds. The van der Waals surface area contributed by atoms with Gasteiger partial charge in [-0.3, -0.25) is 10.3 Å². The van der Waals surface area contributed by atoms with Crippen LogP contribution in [-0.2, 0) is 5.66 Å². The van der Waals surface area contributed by atoms with Crippen LogP contribution in [0.25, 0.3) is 48.9 Å². The number of hydrogen-bond acceptors (Lipinski definition) is 2. The van der Waals surface area contributed by atoms with E-state index in [4.69, 9.17) is 4.99 Å². The summed E-state index contributed by atoms with van der Waals surface area (Å²) in [6.07, 6.45) is 15.4. The van der Waals surface area contributed by atoms with Crippen molar-refractivity contribution in [3.8, 4) is 0 Å². The average Bonchev–Trinajstić information content (AvgIpc) is 3.36. The number of fused-ring (bicyclic) bond motifs is 5. The fourth-order valence-corrected chi connectivity index (χ4v) is 8.87. The van der Waals surface area contributed by atoms with Crippen LogP contribution in [0.5, 0.6) is 0 Å². The van der Waals surface area contributed by atoms with Gasteiger partial charge in [-0.05, 0) is 89.2 Å². The first kappa shape index (κ1) is 25.3. The summed E-state index contributed by atoms with van der Waals surface area (Å²) in [6, 6.07) is 33.9. The smallest absolute Gasteiger partial charge is 0.137 e. The lowest BCUT2D eigenvalue weighted by atomic mass is 9.81. The molecule has 3 unspecified atom stereocenters. The van der Waals surface area contributed by atoms with Crippen LogP contribution in [0.2, 0.25) is 0 Å². The first-order chi connectivity index (χ1) is 22.0. The number of nitrogens with zero attached hydrogens (tertiary/aromatic N) is 2. The molecule has 10 rings (SSSR count). The van der Waals surface area contributed by atoms with Gasteiger partial charge in [0.25, 0.3) is 0 Å². The second-order valence-electron chi connectivity index (χ2n) is 13.5. The second-order valence-corrected chi connectivity index (χ2v) is 13.5. The molecule has 3 nitrogen and oxygen atoms in total. The van der Waals surface area contributed by atoms with Crippen LogP contribution >= 0.6 is 0 Å². The van der Waals surface area contributed by atoms with Gasteiger partial charge in [-0.15, -0.1) is 0 Å². The number of benzene rings is 5. The van der Waals surface area contributed by atoms with Crippen molar-refractivity contribution in [3.05, 3.63) is 150 Å². The Morgan fingerprint density at radius 3 is 2.47 bits per heavy atom. The van der Waals surface area contributed by atoms with Gasteiger partial charge in [0.2, 0.25) is 0 Å². The number of rotatable bonds is 2.